The number of ether oxygens (including phenoxy) is 2. The molecule has 0 unspecified atom stereocenters. The summed E-state index contributed by atoms with van der Waals surface area (Å²) in [5.74, 6) is -1.17. The second-order valence-electron chi connectivity index (χ2n) is 6.36. The highest BCUT2D eigenvalue weighted by atomic mass is 16.5. The van der Waals surface area contributed by atoms with Crippen LogP contribution in [0.25, 0.3) is 17.0 Å². The van der Waals surface area contributed by atoms with E-state index in [0.717, 1.165) is 0 Å². The molecule has 156 valence electrons. The molecule has 0 aliphatic heterocycles. The maximum Gasteiger partial charge on any atom is 0.351 e. The SMILES string of the molecule is COCCNC(=O)/C(C#N)=C/c1ccc(OC(=O)c2cc3ccccc3oc2=O)cc1. The van der Waals surface area contributed by atoms with Crippen LogP contribution in [0, 0.1) is 11.3 Å². The van der Waals surface area contributed by atoms with Gasteiger partial charge in [-0.1, -0.05) is 30.3 Å². The first-order valence-corrected chi connectivity index (χ1v) is 9.26. The number of hydrogen-bond acceptors (Lipinski definition) is 7. The van der Waals surface area contributed by atoms with E-state index < -0.39 is 17.5 Å². The monoisotopic (exact) mass is 418 g/mol. The number of nitrogens with zero attached hydrogens (tertiary/aromatic N) is 1. The van der Waals surface area contributed by atoms with Crippen molar-refractivity contribution < 1.29 is 23.5 Å². The number of methoxy groups -OCH3 is 1. The zero-order valence-electron chi connectivity index (χ0n) is 16.6. The molecule has 2 aromatic carbocycles. The molecule has 0 spiro atoms. The van der Waals surface area contributed by atoms with E-state index >= 15 is 0 Å². The first-order valence-electron chi connectivity index (χ1n) is 9.26. The van der Waals surface area contributed by atoms with E-state index in [2.05, 4.69) is 5.32 Å². The first-order chi connectivity index (χ1) is 15.0. The highest BCUT2D eigenvalue weighted by Gasteiger charge is 2.16. The smallest absolute Gasteiger partial charge is 0.351 e. The van der Waals surface area contributed by atoms with Gasteiger partial charge in [-0.15, -0.1) is 0 Å². The van der Waals surface area contributed by atoms with Crippen molar-refractivity contribution in [2.75, 3.05) is 20.3 Å². The average molecular weight is 418 g/mol. The number of carbonyl (C=O) groups is 2. The predicted molar refractivity (Wildman–Crippen MR) is 112 cm³/mol. The molecule has 1 heterocycles. The van der Waals surface area contributed by atoms with E-state index in [9.17, 15) is 19.6 Å². The van der Waals surface area contributed by atoms with Gasteiger partial charge in [-0.05, 0) is 35.9 Å². The lowest BCUT2D eigenvalue weighted by Gasteiger charge is -2.05. The van der Waals surface area contributed by atoms with Crippen molar-refractivity contribution in [2.45, 2.75) is 0 Å². The Hall–Kier alpha value is -4.22. The molecular weight excluding hydrogens is 400 g/mol. The van der Waals surface area contributed by atoms with E-state index in [0.29, 0.717) is 23.1 Å². The van der Waals surface area contributed by atoms with Gasteiger partial charge in [0.15, 0.2) is 0 Å². The lowest BCUT2D eigenvalue weighted by Crippen LogP contribution is -2.27. The van der Waals surface area contributed by atoms with Gasteiger partial charge in [0.25, 0.3) is 5.91 Å². The number of para-hydroxylation sites is 1. The van der Waals surface area contributed by atoms with Gasteiger partial charge in [-0.3, -0.25) is 4.79 Å². The molecule has 1 amide bonds. The van der Waals surface area contributed by atoms with Gasteiger partial charge in [0.2, 0.25) is 0 Å². The third-order valence-electron chi connectivity index (χ3n) is 4.22. The number of nitriles is 1. The predicted octanol–water partition coefficient (Wildman–Crippen LogP) is 2.68. The highest BCUT2D eigenvalue weighted by Crippen LogP contribution is 2.17. The largest absolute Gasteiger partial charge is 0.423 e. The molecular formula is C23H18N2O6. The number of carbonyl (C=O) groups excluding carboxylic acids is 2. The summed E-state index contributed by atoms with van der Waals surface area (Å²) in [5.41, 5.74) is -0.151. The fourth-order valence-electron chi connectivity index (χ4n) is 2.68. The lowest BCUT2D eigenvalue weighted by molar-refractivity contribution is -0.117. The Labute approximate surface area is 177 Å². The Morgan fingerprint density at radius 3 is 2.61 bits per heavy atom. The number of benzene rings is 2. The van der Waals surface area contributed by atoms with Gasteiger partial charge in [-0.25, -0.2) is 9.59 Å². The Morgan fingerprint density at radius 1 is 1.16 bits per heavy atom. The summed E-state index contributed by atoms with van der Waals surface area (Å²) in [6.07, 6.45) is 1.41. The summed E-state index contributed by atoms with van der Waals surface area (Å²) >= 11 is 0. The zero-order chi connectivity index (χ0) is 22.2. The van der Waals surface area contributed by atoms with Crippen LogP contribution >= 0.6 is 0 Å². The molecule has 0 aliphatic carbocycles. The highest BCUT2D eigenvalue weighted by molar-refractivity contribution is 6.01. The summed E-state index contributed by atoms with van der Waals surface area (Å²) < 4.78 is 15.2. The molecule has 0 saturated heterocycles. The Morgan fingerprint density at radius 2 is 1.90 bits per heavy atom. The third-order valence-corrected chi connectivity index (χ3v) is 4.22. The van der Waals surface area contributed by atoms with Gasteiger partial charge in [-0.2, -0.15) is 5.26 Å². The maximum absolute atomic E-state index is 12.4. The minimum atomic E-state index is -0.849. The van der Waals surface area contributed by atoms with Crippen molar-refractivity contribution in [2.24, 2.45) is 0 Å². The molecule has 0 aliphatic rings. The van der Waals surface area contributed by atoms with Crippen LogP contribution in [0.15, 0.2) is 69.4 Å². The summed E-state index contributed by atoms with van der Waals surface area (Å²) in [5, 5.41) is 12.4. The van der Waals surface area contributed by atoms with Crippen molar-refractivity contribution in [3.05, 3.63) is 81.7 Å². The van der Waals surface area contributed by atoms with Crippen molar-refractivity contribution in [1.29, 1.82) is 5.26 Å². The molecule has 0 atom stereocenters. The topological polar surface area (TPSA) is 119 Å². The van der Waals surface area contributed by atoms with Gasteiger partial charge in [0.1, 0.15) is 28.5 Å². The average Bonchev–Trinajstić information content (AvgIpc) is 2.78. The van der Waals surface area contributed by atoms with Crippen LogP contribution in [0.2, 0.25) is 0 Å². The summed E-state index contributed by atoms with van der Waals surface area (Å²) in [4.78, 5) is 36.5. The first kappa shape index (κ1) is 21.5. The third kappa shape index (κ3) is 5.44. The number of fused-ring (bicyclic) bond motifs is 1. The minimum absolute atomic E-state index is 0.0744. The van der Waals surface area contributed by atoms with Crippen LogP contribution in [-0.2, 0) is 9.53 Å². The number of nitrogens with one attached hydrogen (secondary N) is 1. The van der Waals surface area contributed by atoms with E-state index in [1.54, 1.807) is 36.4 Å². The van der Waals surface area contributed by atoms with E-state index in [4.69, 9.17) is 13.9 Å². The number of amides is 1. The molecule has 0 fully saturated rings. The molecule has 8 nitrogen and oxygen atoms in total. The van der Waals surface area contributed by atoms with Gasteiger partial charge >= 0.3 is 11.6 Å². The molecule has 8 heteroatoms. The van der Waals surface area contributed by atoms with Crippen LogP contribution in [0.4, 0.5) is 0 Å². The summed E-state index contributed by atoms with van der Waals surface area (Å²) in [6.45, 7) is 0.617. The second-order valence-corrected chi connectivity index (χ2v) is 6.36. The van der Waals surface area contributed by atoms with Crippen LogP contribution in [0.5, 0.6) is 5.75 Å². The molecule has 3 aromatic rings. The number of esters is 1. The Bertz CT molecular complexity index is 1240. The molecule has 1 N–H and O–H groups in total. The van der Waals surface area contributed by atoms with Crippen molar-refractivity contribution in [3.63, 3.8) is 0 Å². The zero-order valence-corrected chi connectivity index (χ0v) is 16.6. The molecule has 0 bridgehead atoms. The quantitative estimate of drug-likeness (QED) is 0.156. The maximum atomic E-state index is 12.4. The van der Waals surface area contributed by atoms with E-state index in [1.165, 1.54) is 31.4 Å². The normalized spacial score (nSPS) is 11.0. The van der Waals surface area contributed by atoms with E-state index in [1.807, 2.05) is 6.07 Å². The Balaban J connectivity index is 1.72. The lowest BCUT2D eigenvalue weighted by atomic mass is 10.1. The van der Waals surface area contributed by atoms with Gasteiger partial charge < -0.3 is 19.2 Å². The minimum Gasteiger partial charge on any atom is -0.423 e. The van der Waals surface area contributed by atoms with Crippen LogP contribution < -0.4 is 15.7 Å². The van der Waals surface area contributed by atoms with E-state index in [-0.39, 0.29) is 23.4 Å². The molecule has 1 aromatic heterocycles. The fourth-order valence-corrected chi connectivity index (χ4v) is 2.68. The standard InChI is InChI=1S/C23H18N2O6/c1-29-11-10-25-21(26)17(14-24)12-15-6-8-18(9-7-15)30-22(27)19-13-16-4-2-3-5-20(16)31-23(19)28/h2-9,12-13H,10-11H2,1H3,(H,25,26)/b17-12+. The molecule has 0 radical (unpaired) electrons. The summed E-state index contributed by atoms with van der Waals surface area (Å²) in [6, 6.07) is 16.2. The molecule has 3 rings (SSSR count). The molecule has 0 saturated carbocycles. The van der Waals surface area contributed by atoms with Crippen LogP contribution in [-0.4, -0.2) is 32.1 Å². The van der Waals surface area contributed by atoms with Gasteiger partial charge in [0, 0.05) is 19.0 Å². The molecule has 31 heavy (non-hydrogen) atoms. The van der Waals surface area contributed by atoms with Crippen LogP contribution in [0.3, 0.4) is 0 Å². The van der Waals surface area contributed by atoms with Crippen LogP contribution in [0.1, 0.15) is 15.9 Å². The van der Waals surface area contributed by atoms with Crippen molar-refractivity contribution in [3.8, 4) is 11.8 Å². The number of hydrogen-bond donors (Lipinski definition) is 1. The van der Waals surface area contributed by atoms with Crippen molar-refractivity contribution in [1.82, 2.24) is 5.32 Å². The fraction of sp³-hybridized carbons (Fsp3) is 0.130. The summed E-state index contributed by atoms with van der Waals surface area (Å²) in [7, 11) is 1.51. The second kappa shape index (κ2) is 10.0. The Kier molecular flexibility index (Phi) is 6.93. The van der Waals surface area contributed by atoms with Gasteiger partial charge in [0.05, 0.1) is 6.61 Å². The van der Waals surface area contributed by atoms with Crippen molar-refractivity contribution >= 4 is 28.9 Å². The number of rotatable bonds is 7.